The van der Waals surface area contributed by atoms with Gasteiger partial charge in [-0.05, 0) is 50.9 Å². The smallest absolute Gasteiger partial charge is 0.339 e. The van der Waals surface area contributed by atoms with E-state index >= 15 is 0 Å². The molecule has 0 aliphatic rings. The average Bonchev–Trinajstić information content (AvgIpc) is 2.43. The summed E-state index contributed by atoms with van der Waals surface area (Å²) in [5.41, 5.74) is 0.718. The van der Waals surface area contributed by atoms with E-state index in [-0.39, 0.29) is 25.3 Å². The number of hydrogen-bond acceptors (Lipinski definition) is 5. The first-order chi connectivity index (χ1) is 10.2. The van der Waals surface area contributed by atoms with Gasteiger partial charge in [0.15, 0.2) is 5.75 Å². The fourth-order valence-corrected chi connectivity index (χ4v) is 4.10. The number of halogens is 2. The first kappa shape index (κ1) is 16.9. The lowest BCUT2D eigenvalue weighted by Crippen LogP contribution is -2.10. The van der Waals surface area contributed by atoms with Crippen LogP contribution in [0.25, 0.3) is 0 Å². The summed E-state index contributed by atoms with van der Waals surface area (Å²) in [6.07, 6.45) is 0. The number of nitrogens with zero attached hydrogens (tertiary/aromatic N) is 1. The molecule has 0 fully saturated rings. The molecule has 2 rings (SSSR count). The molecule has 0 atom stereocenters. The molecular formula is C13H9Br2NO5S. The molecule has 2 aromatic carbocycles. The second-order valence-electron chi connectivity index (χ2n) is 4.35. The maximum absolute atomic E-state index is 12.2. The molecule has 0 saturated carbocycles. The Morgan fingerprint density at radius 3 is 2.05 bits per heavy atom. The molecule has 0 aromatic heterocycles. The molecule has 2 aromatic rings. The van der Waals surface area contributed by atoms with E-state index in [9.17, 15) is 18.5 Å². The largest absolute Gasteiger partial charge is 0.377 e. The van der Waals surface area contributed by atoms with Crippen LogP contribution in [0.5, 0.6) is 5.75 Å². The Morgan fingerprint density at radius 2 is 1.59 bits per heavy atom. The van der Waals surface area contributed by atoms with Crippen molar-refractivity contribution in [2.45, 2.75) is 11.8 Å². The van der Waals surface area contributed by atoms with Gasteiger partial charge >= 0.3 is 10.1 Å². The van der Waals surface area contributed by atoms with Gasteiger partial charge in [-0.1, -0.05) is 17.7 Å². The van der Waals surface area contributed by atoms with Crippen LogP contribution in [0.1, 0.15) is 5.56 Å². The van der Waals surface area contributed by atoms with Gasteiger partial charge in [0.2, 0.25) is 0 Å². The second-order valence-corrected chi connectivity index (χ2v) is 7.60. The Hall–Kier alpha value is -1.45. The SMILES string of the molecule is Cc1ccc(S(=O)(=O)Oc2c(Br)cc([N+](=O)[O-])cc2Br)cc1. The summed E-state index contributed by atoms with van der Waals surface area (Å²) < 4.78 is 29.9. The van der Waals surface area contributed by atoms with Gasteiger partial charge in [-0.15, -0.1) is 0 Å². The minimum absolute atomic E-state index is 0.00440. The first-order valence-corrected chi connectivity index (χ1v) is 8.85. The van der Waals surface area contributed by atoms with Gasteiger partial charge < -0.3 is 4.18 Å². The Labute approximate surface area is 143 Å². The summed E-state index contributed by atoms with van der Waals surface area (Å²) in [5, 5.41) is 10.8. The van der Waals surface area contributed by atoms with Crippen LogP contribution in [0.2, 0.25) is 0 Å². The maximum Gasteiger partial charge on any atom is 0.339 e. The molecule has 0 N–H and O–H groups in total. The van der Waals surface area contributed by atoms with Crippen LogP contribution in [-0.2, 0) is 10.1 Å². The normalized spacial score (nSPS) is 11.2. The van der Waals surface area contributed by atoms with Crippen molar-refractivity contribution in [2.75, 3.05) is 0 Å². The van der Waals surface area contributed by atoms with Crippen molar-refractivity contribution < 1.29 is 17.5 Å². The van der Waals surface area contributed by atoms with Crippen LogP contribution < -0.4 is 4.18 Å². The van der Waals surface area contributed by atoms with Gasteiger partial charge in [-0.3, -0.25) is 10.1 Å². The van der Waals surface area contributed by atoms with Crippen LogP contribution in [0.15, 0.2) is 50.2 Å². The minimum atomic E-state index is -4.04. The number of aryl methyl sites for hydroxylation is 1. The van der Waals surface area contributed by atoms with Crippen molar-refractivity contribution in [3.8, 4) is 5.75 Å². The van der Waals surface area contributed by atoms with Crippen molar-refractivity contribution in [1.82, 2.24) is 0 Å². The van der Waals surface area contributed by atoms with E-state index in [0.717, 1.165) is 5.56 Å². The van der Waals surface area contributed by atoms with Gasteiger partial charge in [-0.2, -0.15) is 8.42 Å². The van der Waals surface area contributed by atoms with Gasteiger partial charge in [0.25, 0.3) is 5.69 Å². The summed E-state index contributed by atoms with van der Waals surface area (Å²) >= 11 is 6.16. The molecule has 0 aliphatic carbocycles. The molecule has 0 amide bonds. The van der Waals surface area contributed by atoms with E-state index in [1.54, 1.807) is 12.1 Å². The van der Waals surface area contributed by atoms with Gasteiger partial charge in [0, 0.05) is 12.1 Å². The Bertz CT molecular complexity index is 811. The number of nitro benzene ring substituents is 1. The van der Waals surface area contributed by atoms with Crippen molar-refractivity contribution in [1.29, 1.82) is 0 Å². The van der Waals surface area contributed by atoms with Crippen molar-refractivity contribution in [2.24, 2.45) is 0 Å². The molecule has 0 saturated heterocycles. The third-order valence-corrected chi connectivity index (χ3v) is 5.11. The zero-order valence-corrected chi connectivity index (χ0v) is 15.1. The predicted molar refractivity (Wildman–Crippen MR) is 87.5 cm³/mol. The van der Waals surface area contributed by atoms with E-state index in [0.29, 0.717) is 0 Å². The van der Waals surface area contributed by atoms with Gasteiger partial charge in [0.05, 0.1) is 13.9 Å². The number of benzene rings is 2. The van der Waals surface area contributed by atoms with E-state index < -0.39 is 15.0 Å². The maximum atomic E-state index is 12.2. The fourth-order valence-electron chi connectivity index (χ4n) is 1.59. The van der Waals surface area contributed by atoms with E-state index in [4.69, 9.17) is 4.18 Å². The topological polar surface area (TPSA) is 86.5 Å². The quantitative estimate of drug-likeness (QED) is 0.395. The van der Waals surface area contributed by atoms with Crippen molar-refractivity contribution in [3.05, 3.63) is 61.0 Å². The number of hydrogen-bond donors (Lipinski definition) is 0. The minimum Gasteiger partial charge on any atom is -0.377 e. The summed E-state index contributed by atoms with van der Waals surface area (Å²) in [5.74, 6) is -0.0498. The second kappa shape index (κ2) is 6.35. The summed E-state index contributed by atoms with van der Waals surface area (Å²) in [7, 11) is -4.04. The molecule has 116 valence electrons. The molecule has 0 heterocycles. The standard InChI is InChI=1S/C13H9Br2NO5S/c1-8-2-4-10(5-3-8)22(19,20)21-13-11(14)6-9(16(17)18)7-12(13)15/h2-7H,1H3. The number of rotatable bonds is 4. The molecule has 0 aliphatic heterocycles. The fraction of sp³-hybridized carbons (Fsp3) is 0.0769. The van der Waals surface area contributed by atoms with Gasteiger partial charge in [-0.25, -0.2) is 0 Å². The molecule has 0 spiro atoms. The Kier molecular flexibility index (Phi) is 4.88. The lowest BCUT2D eigenvalue weighted by Gasteiger charge is -2.10. The first-order valence-electron chi connectivity index (χ1n) is 5.85. The predicted octanol–water partition coefficient (Wildman–Crippen LogP) is 4.20. The van der Waals surface area contributed by atoms with Gasteiger partial charge in [0.1, 0.15) is 4.90 Å². The van der Waals surface area contributed by atoms with Crippen LogP contribution in [0.4, 0.5) is 5.69 Å². The Balaban J connectivity index is 2.42. The third-order valence-electron chi connectivity index (χ3n) is 2.70. The summed E-state index contributed by atoms with van der Waals surface area (Å²) in [6, 6.07) is 8.50. The molecular weight excluding hydrogens is 442 g/mol. The molecule has 9 heteroatoms. The molecule has 0 bridgehead atoms. The van der Waals surface area contributed by atoms with Crippen molar-refractivity contribution in [3.63, 3.8) is 0 Å². The number of non-ortho nitro benzene ring substituents is 1. The third kappa shape index (κ3) is 3.65. The highest BCUT2D eigenvalue weighted by molar-refractivity contribution is 9.11. The van der Waals surface area contributed by atoms with Crippen LogP contribution >= 0.6 is 31.9 Å². The number of nitro groups is 1. The average molecular weight is 451 g/mol. The monoisotopic (exact) mass is 449 g/mol. The lowest BCUT2D eigenvalue weighted by atomic mass is 10.2. The summed E-state index contributed by atoms with van der Waals surface area (Å²) in [4.78, 5) is 10.2. The molecule has 6 nitrogen and oxygen atoms in total. The zero-order valence-electron chi connectivity index (χ0n) is 11.1. The summed E-state index contributed by atoms with van der Waals surface area (Å²) in [6.45, 7) is 1.83. The van der Waals surface area contributed by atoms with Crippen LogP contribution in [0, 0.1) is 17.0 Å². The lowest BCUT2D eigenvalue weighted by molar-refractivity contribution is -0.385. The van der Waals surface area contributed by atoms with E-state index in [1.807, 2.05) is 6.92 Å². The highest BCUT2D eigenvalue weighted by Gasteiger charge is 2.22. The molecule has 0 unspecified atom stereocenters. The van der Waals surface area contributed by atoms with Crippen molar-refractivity contribution >= 4 is 47.7 Å². The molecule has 22 heavy (non-hydrogen) atoms. The van der Waals surface area contributed by atoms with Crippen LogP contribution in [0.3, 0.4) is 0 Å². The highest BCUT2D eigenvalue weighted by atomic mass is 79.9. The van der Waals surface area contributed by atoms with E-state index in [2.05, 4.69) is 31.9 Å². The highest BCUT2D eigenvalue weighted by Crippen LogP contribution is 2.38. The molecule has 0 radical (unpaired) electrons. The van der Waals surface area contributed by atoms with Crippen LogP contribution in [-0.4, -0.2) is 13.3 Å². The Morgan fingerprint density at radius 1 is 1.09 bits per heavy atom. The zero-order chi connectivity index (χ0) is 16.5. The van der Waals surface area contributed by atoms with E-state index in [1.165, 1.54) is 24.3 Å².